The Morgan fingerprint density at radius 3 is 2.74 bits per heavy atom. The number of aromatic nitrogens is 3. The van der Waals surface area contributed by atoms with E-state index in [1.807, 2.05) is 30.5 Å². The van der Waals surface area contributed by atoms with E-state index in [2.05, 4.69) is 30.2 Å². The first-order valence-electron chi connectivity index (χ1n) is 5.89. The maximum atomic E-state index is 5.99. The fourth-order valence-corrected chi connectivity index (χ4v) is 3.17. The molecular weight excluding hydrogens is 278 g/mol. The van der Waals surface area contributed by atoms with Gasteiger partial charge in [-0.3, -0.25) is 0 Å². The molecule has 19 heavy (non-hydrogen) atoms. The van der Waals surface area contributed by atoms with Gasteiger partial charge in [0.25, 0.3) is 0 Å². The van der Waals surface area contributed by atoms with Crippen LogP contribution in [-0.4, -0.2) is 15.0 Å². The maximum Gasteiger partial charge on any atom is 0.123 e. The summed E-state index contributed by atoms with van der Waals surface area (Å²) >= 11 is 7.72. The molecule has 96 valence electrons. The third-order valence-electron chi connectivity index (χ3n) is 2.84. The summed E-state index contributed by atoms with van der Waals surface area (Å²) in [6.07, 6.45) is 1.93. The number of halogens is 1. The molecule has 0 atom stereocenters. The second-order valence-corrected chi connectivity index (χ2v) is 6.09. The van der Waals surface area contributed by atoms with Gasteiger partial charge in [-0.1, -0.05) is 22.9 Å². The van der Waals surface area contributed by atoms with Crippen molar-refractivity contribution in [1.82, 2.24) is 15.0 Å². The van der Waals surface area contributed by atoms with E-state index in [1.165, 1.54) is 15.3 Å². The number of aryl methyl sites for hydroxylation is 2. The Morgan fingerprint density at radius 1 is 1.21 bits per heavy atom. The molecule has 0 unspecified atom stereocenters. The van der Waals surface area contributed by atoms with Gasteiger partial charge in [0.2, 0.25) is 0 Å². The zero-order valence-corrected chi connectivity index (χ0v) is 12.2. The van der Waals surface area contributed by atoms with Crippen LogP contribution in [0.4, 0.5) is 0 Å². The molecule has 0 saturated heterocycles. The van der Waals surface area contributed by atoms with Crippen LogP contribution in [0.2, 0.25) is 5.02 Å². The van der Waals surface area contributed by atoms with Crippen molar-refractivity contribution in [3.63, 3.8) is 0 Å². The Labute approximate surface area is 120 Å². The number of rotatable bonds is 2. The molecular formula is C14H12ClN3S. The smallest absolute Gasteiger partial charge is 0.123 e. The van der Waals surface area contributed by atoms with Gasteiger partial charge in [-0.2, -0.15) is 0 Å². The molecule has 0 aliphatic heterocycles. The fourth-order valence-electron chi connectivity index (χ4n) is 2.01. The van der Waals surface area contributed by atoms with Gasteiger partial charge in [0.15, 0.2) is 0 Å². The summed E-state index contributed by atoms with van der Waals surface area (Å²) in [5.41, 5.74) is 3.05. The average Bonchev–Trinajstić information content (AvgIpc) is 2.96. The van der Waals surface area contributed by atoms with E-state index in [-0.39, 0.29) is 0 Å². The van der Waals surface area contributed by atoms with Crippen molar-refractivity contribution >= 4 is 22.9 Å². The largest absolute Gasteiger partial charge is 0.220 e. The van der Waals surface area contributed by atoms with E-state index in [9.17, 15) is 0 Å². The van der Waals surface area contributed by atoms with Crippen LogP contribution in [0.3, 0.4) is 0 Å². The first-order chi connectivity index (χ1) is 9.13. The van der Waals surface area contributed by atoms with Crippen LogP contribution in [0.5, 0.6) is 0 Å². The molecule has 3 aromatic rings. The molecule has 3 rings (SSSR count). The van der Waals surface area contributed by atoms with Gasteiger partial charge in [-0.15, -0.1) is 16.4 Å². The maximum absolute atomic E-state index is 5.99. The van der Waals surface area contributed by atoms with Gasteiger partial charge in [-0.25, -0.2) is 4.68 Å². The Morgan fingerprint density at radius 2 is 2.05 bits per heavy atom. The molecule has 0 saturated carbocycles. The predicted octanol–water partition coefficient (Wildman–Crippen LogP) is 4.27. The molecule has 1 aromatic carbocycles. The number of hydrogen-bond acceptors (Lipinski definition) is 3. The van der Waals surface area contributed by atoms with E-state index in [4.69, 9.17) is 11.6 Å². The molecule has 5 heteroatoms. The van der Waals surface area contributed by atoms with Crippen molar-refractivity contribution in [2.75, 3.05) is 0 Å². The highest BCUT2D eigenvalue weighted by Crippen LogP contribution is 2.30. The Kier molecular flexibility index (Phi) is 3.12. The lowest BCUT2D eigenvalue weighted by molar-refractivity contribution is 0.804. The first kappa shape index (κ1) is 12.4. The lowest BCUT2D eigenvalue weighted by Crippen LogP contribution is -1.93. The number of thiophene rings is 1. The summed E-state index contributed by atoms with van der Waals surface area (Å²) in [5, 5.41) is 9.11. The van der Waals surface area contributed by atoms with E-state index in [1.54, 1.807) is 16.0 Å². The standard InChI is InChI=1S/C14H12ClN3S/c1-9-6-10(2)19-14(9)13-8-18(17-16-13)12-5-3-4-11(15)7-12/h3-8H,1-2H3. The molecule has 0 aliphatic carbocycles. The SMILES string of the molecule is Cc1cc(C)c(-c2cn(-c3cccc(Cl)c3)nn2)s1. The van der Waals surface area contributed by atoms with E-state index in [0.29, 0.717) is 5.02 Å². The highest BCUT2D eigenvalue weighted by Gasteiger charge is 2.10. The van der Waals surface area contributed by atoms with Crippen LogP contribution in [0.25, 0.3) is 16.3 Å². The van der Waals surface area contributed by atoms with Gasteiger partial charge in [0.05, 0.1) is 16.8 Å². The third-order valence-corrected chi connectivity index (χ3v) is 4.25. The van der Waals surface area contributed by atoms with Gasteiger partial charge in [0, 0.05) is 9.90 Å². The Balaban J connectivity index is 2.02. The summed E-state index contributed by atoms with van der Waals surface area (Å²) in [4.78, 5) is 2.45. The zero-order valence-electron chi connectivity index (χ0n) is 10.6. The normalized spacial score (nSPS) is 10.9. The Bertz CT molecular complexity index is 730. The topological polar surface area (TPSA) is 30.7 Å². The minimum absolute atomic E-state index is 0.692. The van der Waals surface area contributed by atoms with Gasteiger partial charge in [0.1, 0.15) is 5.69 Å². The summed E-state index contributed by atoms with van der Waals surface area (Å²) in [5.74, 6) is 0. The van der Waals surface area contributed by atoms with Crippen molar-refractivity contribution in [2.45, 2.75) is 13.8 Å². The predicted molar refractivity (Wildman–Crippen MR) is 79.2 cm³/mol. The van der Waals surface area contributed by atoms with Crippen molar-refractivity contribution in [3.05, 3.63) is 52.0 Å². The lowest BCUT2D eigenvalue weighted by Gasteiger charge is -1.99. The Hall–Kier alpha value is -1.65. The van der Waals surface area contributed by atoms with Crippen molar-refractivity contribution in [1.29, 1.82) is 0 Å². The van der Waals surface area contributed by atoms with Crippen LogP contribution < -0.4 is 0 Å². The minimum atomic E-state index is 0.692. The summed E-state index contributed by atoms with van der Waals surface area (Å²) in [6.45, 7) is 4.19. The molecule has 2 aromatic heterocycles. The first-order valence-corrected chi connectivity index (χ1v) is 7.08. The van der Waals surface area contributed by atoms with Gasteiger partial charge >= 0.3 is 0 Å². The molecule has 0 spiro atoms. The lowest BCUT2D eigenvalue weighted by atomic mass is 10.2. The average molecular weight is 290 g/mol. The second-order valence-electron chi connectivity index (χ2n) is 4.40. The highest BCUT2D eigenvalue weighted by atomic mass is 35.5. The van der Waals surface area contributed by atoms with E-state index < -0.39 is 0 Å². The van der Waals surface area contributed by atoms with Crippen LogP contribution in [0.15, 0.2) is 36.5 Å². The van der Waals surface area contributed by atoms with Crippen LogP contribution >= 0.6 is 22.9 Å². The van der Waals surface area contributed by atoms with E-state index in [0.717, 1.165) is 11.4 Å². The summed E-state index contributed by atoms with van der Waals surface area (Å²) in [6, 6.07) is 9.73. The second kappa shape index (κ2) is 4.79. The number of benzene rings is 1. The van der Waals surface area contributed by atoms with Gasteiger partial charge in [-0.05, 0) is 43.7 Å². The molecule has 0 aliphatic rings. The van der Waals surface area contributed by atoms with Gasteiger partial charge < -0.3 is 0 Å². The molecule has 0 amide bonds. The molecule has 0 N–H and O–H groups in total. The minimum Gasteiger partial charge on any atom is -0.220 e. The quantitative estimate of drug-likeness (QED) is 0.705. The fraction of sp³-hybridized carbons (Fsp3) is 0.143. The molecule has 3 nitrogen and oxygen atoms in total. The molecule has 0 fully saturated rings. The molecule has 0 bridgehead atoms. The number of hydrogen-bond donors (Lipinski definition) is 0. The van der Waals surface area contributed by atoms with Crippen molar-refractivity contribution in [3.8, 4) is 16.3 Å². The number of nitrogens with zero attached hydrogens (tertiary/aromatic N) is 3. The summed E-state index contributed by atoms with van der Waals surface area (Å²) in [7, 11) is 0. The molecule has 2 heterocycles. The summed E-state index contributed by atoms with van der Waals surface area (Å²) < 4.78 is 1.75. The van der Waals surface area contributed by atoms with Crippen molar-refractivity contribution < 1.29 is 0 Å². The van der Waals surface area contributed by atoms with Crippen molar-refractivity contribution in [2.24, 2.45) is 0 Å². The van der Waals surface area contributed by atoms with E-state index >= 15 is 0 Å². The van der Waals surface area contributed by atoms with Crippen LogP contribution in [-0.2, 0) is 0 Å². The van der Waals surface area contributed by atoms with Crippen LogP contribution in [0.1, 0.15) is 10.4 Å². The zero-order chi connectivity index (χ0) is 13.4. The molecule has 0 radical (unpaired) electrons. The highest BCUT2D eigenvalue weighted by molar-refractivity contribution is 7.15. The van der Waals surface area contributed by atoms with Crippen LogP contribution in [0, 0.1) is 13.8 Å². The monoisotopic (exact) mass is 289 g/mol. The third kappa shape index (κ3) is 2.41.